The molecule has 0 aromatic carbocycles. The lowest BCUT2D eigenvalue weighted by Gasteiger charge is -2.21. The van der Waals surface area contributed by atoms with Crippen molar-refractivity contribution in [2.24, 2.45) is 5.92 Å². The van der Waals surface area contributed by atoms with Gasteiger partial charge in [0.2, 0.25) is 5.91 Å². The van der Waals surface area contributed by atoms with Crippen LogP contribution in [0.2, 0.25) is 0 Å². The van der Waals surface area contributed by atoms with Crippen molar-refractivity contribution in [2.45, 2.75) is 38.8 Å². The highest BCUT2D eigenvalue weighted by molar-refractivity contribution is 7.09. The van der Waals surface area contributed by atoms with Gasteiger partial charge in [0.15, 0.2) is 0 Å². The molecule has 1 aromatic rings. The summed E-state index contributed by atoms with van der Waals surface area (Å²) >= 11 is 1.58. The normalized spacial score (nSPS) is 23.7. The van der Waals surface area contributed by atoms with Gasteiger partial charge in [0.1, 0.15) is 5.01 Å². The minimum atomic E-state index is -0.101. The molecule has 2 N–H and O–H groups in total. The zero-order valence-corrected chi connectivity index (χ0v) is 12.9. The van der Waals surface area contributed by atoms with Gasteiger partial charge in [-0.15, -0.1) is 11.3 Å². The molecule has 1 amide bonds. The predicted molar refractivity (Wildman–Crippen MR) is 79.7 cm³/mol. The number of nitrogens with zero attached hydrogens (tertiary/aromatic N) is 1. The van der Waals surface area contributed by atoms with Gasteiger partial charge in [-0.25, -0.2) is 4.98 Å². The molecule has 1 aliphatic heterocycles. The van der Waals surface area contributed by atoms with Crippen LogP contribution in [-0.4, -0.2) is 36.7 Å². The van der Waals surface area contributed by atoms with E-state index in [4.69, 9.17) is 4.74 Å². The lowest BCUT2D eigenvalue weighted by Crippen LogP contribution is -2.45. The van der Waals surface area contributed by atoms with Crippen molar-refractivity contribution in [1.82, 2.24) is 15.6 Å². The third-order valence-corrected chi connectivity index (χ3v) is 4.44. The Labute approximate surface area is 124 Å². The average molecular weight is 297 g/mol. The lowest BCUT2D eigenvalue weighted by molar-refractivity contribution is -0.126. The zero-order chi connectivity index (χ0) is 14.4. The van der Waals surface area contributed by atoms with Crippen LogP contribution < -0.4 is 10.6 Å². The van der Waals surface area contributed by atoms with Crippen LogP contribution in [0.3, 0.4) is 0 Å². The number of amides is 1. The molecule has 3 unspecified atom stereocenters. The van der Waals surface area contributed by atoms with Gasteiger partial charge in [-0.05, 0) is 19.4 Å². The van der Waals surface area contributed by atoms with Gasteiger partial charge in [-0.2, -0.15) is 0 Å². The maximum atomic E-state index is 12.4. The van der Waals surface area contributed by atoms with Crippen molar-refractivity contribution in [3.05, 3.63) is 16.6 Å². The van der Waals surface area contributed by atoms with Crippen molar-refractivity contribution < 1.29 is 9.53 Å². The SMILES string of the molecule is CCCNC1COCC1C(=O)NC(CC)c1nccs1. The molecule has 5 nitrogen and oxygen atoms in total. The van der Waals surface area contributed by atoms with Crippen LogP contribution in [0.4, 0.5) is 0 Å². The van der Waals surface area contributed by atoms with Crippen molar-refractivity contribution in [2.75, 3.05) is 19.8 Å². The largest absolute Gasteiger partial charge is 0.379 e. The Bertz CT molecular complexity index is 411. The lowest BCUT2D eigenvalue weighted by atomic mass is 10.0. The maximum absolute atomic E-state index is 12.4. The van der Waals surface area contributed by atoms with E-state index in [1.165, 1.54) is 0 Å². The molecule has 2 heterocycles. The smallest absolute Gasteiger partial charge is 0.227 e. The van der Waals surface area contributed by atoms with Gasteiger partial charge in [0.25, 0.3) is 0 Å². The Morgan fingerprint density at radius 3 is 3.05 bits per heavy atom. The zero-order valence-electron chi connectivity index (χ0n) is 12.1. The summed E-state index contributed by atoms with van der Waals surface area (Å²) < 4.78 is 5.46. The van der Waals surface area contributed by atoms with Crippen LogP contribution in [0.1, 0.15) is 37.7 Å². The molecular formula is C14H23N3O2S. The average Bonchev–Trinajstić information content (AvgIpc) is 3.13. The van der Waals surface area contributed by atoms with Gasteiger partial charge in [0.05, 0.1) is 25.2 Å². The van der Waals surface area contributed by atoms with E-state index in [0.717, 1.165) is 24.4 Å². The molecule has 1 aliphatic rings. The van der Waals surface area contributed by atoms with Gasteiger partial charge in [-0.1, -0.05) is 13.8 Å². The highest BCUT2D eigenvalue weighted by Crippen LogP contribution is 2.21. The van der Waals surface area contributed by atoms with Gasteiger partial charge >= 0.3 is 0 Å². The van der Waals surface area contributed by atoms with Crippen LogP contribution in [0.25, 0.3) is 0 Å². The number of rotatable bonds is 7. The summed E-state index contributed by atoms with van der Waals surface area (Å²) in [5, 5.41) is 9.40. The summed E-state index contributed by atoms with van der Waals surface area (Å²) in [6, 6.07) is 0.138. The third-order valence-electron chi connectivity index (χ3n) is 3.55. The molecule has 0 aliphatic carbocycles. The van der Waals surface area contributed by atoms with Crippen LogP contribution in [-0.2, 0) is 9.53 Å². The fourth-order valence-electron chi connectivity index (χ4n) is 2.37. The number of ether oxygens (including phenoxy) is 1. The number of carbonyl (C=O) groups excluding carboxylic acids is 1. The topological polar surface area (TPSA) is 63.2 Å². The van der Waals surface area contributed by atoms with E-state index < -0.39 is 0 Å². The van der Waals surface area contributed by atoms with E-state index in [1.54, 1.807) is 17.5 Å². The van der Waals surface area contributed by atoms with Gasteiger partial charge in [-0.3, -0.25) is 4.79 Å². The minimum Gasteiger partial charge on any atom is -0.379 e. The molecular weight excluding hydrogens is 274 g/mol. The fraction of sp³-hybridized carbons (Fsp3) is 0.714. The molecule has 0 bridgehead atoms. The van der Waals surface area contributed by atoms with Gasteiger partial charge < -0.3 is 15.4 Å². The van der Waals surface area contributed by atoms with Crippen molar-refractivity contribution in [3.8, 4) is 0 Å². The molecule has 0 radical (unpaired) electrons. The second-order valence-electron chi connectivity index (χ2n) is 5.04. The molecule has 0 spiro atoms. The standard InChI is InChI=1S/C14H23N3O2S/c1-3-5-15-12-9-19-8-10(12)13(18)17-11(4-2)14-16-6-7-20-14/h6-7,10-12,15H,3-5,8-9H2,1-2H3,(H,17,18). The van der Waals surface area contributed by atoms with Crippen LogP contribution >= 0.6 is 11.3 Å². The van der Waals surface area contributed by atoms with E-state index in [9.17, 15) is 4.79 Å². The summed E-state index contributed by atoms with van der Waals surface area (Å²) in [6.07, 6.45) is 3.68. The second-order valence-corrected chi connectivity index (χ2v) is 5.97. The minimum absolute atomic E-state index is 0.00919. The van der Waals surface area contributed by atoms with E-state index in [0.29, 0.717) is 13.2 Å². The third kappa shape index (κ3) is 3.77. The molecule has 1 fully saturated rings. The number of hydrogen-bond acceptors (Lipinski definition) is 5. The summed E-state index contributed by atoms with van der Waals surface area (Å²) in [5.74, 6) is -0.0336. The molecule has 1 aromatic heterocycles. The first-order valence-electron chi connectivity index (χ1n) is 7.27. The first-order valence-corrected chi connectivity index (χ1v) is 8.15. The molecule has 3 atom stereocenters. The summed E-state index contributed by atoms with van der Waals surface area (Å²) in [6.45, 7) is 6.22. The highest BCUT2D eigenvalue weighted by Gasteiger charge is 2.34. The molecule has 2 rings (SSSR count). The molecule has 0 saturated carbocycles. The second kappa shape index (κ2) is 7.71. The molecule has 6 heteroatoms. The van der Waals surface area contributed by atoms with Crippen LogP contribution in [0, 0.1) is 5.92 Å². The first kappa shape index (κ1) is 15.4. The Hall–Kier alpha value is -0.980. The number of thiazole rings is 1. The summed E-state index contributed by atoms with van der Waals surface area (Å²) in [4.78, 5) is 16.7. The van der Waals surface area contributed by atoms with Gasteiger partial charge in [0, 0.05) is 17.6 Å². The Balaban J connectivity index is 1.92. The van der Waals surface area contributed by atoms with Crippen molar-refractivity contribution in [3.63, 3.8) is 0 Å². The number of nitrogens with one attached hydrogen (secondary N) is 2. The first-order chi connectivity index (χ1) is 9.76. The van der Waals surface area contributed by atoms with Crippen LogP contribution in [0.15, 0.2) is 11.6 Å². The number of aromatic nitrogens is 1. The fourth-order valence-corrected chi connectivity index (χ4v) is 3.14. The summed E-state index contributed by atoms with van der Waals surface area (Å²) in [5.41, 5.74) is 0. The van der Waals surface area contributed by atoms with E-state index >= 15 is 0 Å². The predicted octanol–water partition coefficient (Wildman–Crippen LogP) is 1.72. The number of hydrogen-bond donors (Lipinski definition) is 2. The molecule has 112 valence electrons. The van der Waals surface area contributed by atoms with Crippen molar-refractivity contribution in [1.29, 1.82) is 0 Å². The molecule has 20 heavy (non-hydrogen) atoms. The monoisotopic (exact) mass is 297 g/mol. The van der Waals surface area contributed by atoms with Crippen molar-refractivity contribution >= 4 is 17.2 Å². The Morgan fingerprint density at radius 2 is 2.40 bits per heavy atom. The van der Waals surface area contributed by atoms with E-state index in [2.05, 4.69) is 29.5 Å². The van der Waals surface area contributed by atoms with Crippen LogP contribution in [0.5, 0.6) is 0 Å². The maximum Gasteiger partial charge on any atom is 0.227 e. The van der Waals surface area contributed by atoms with E-state index in [1.807, 2.05) is 5.38 Å². The Kier molecular flexibility index (Phi) is 5.94. The molecule has 1 saturated heterocycles. The highest BCUT2D eigenvalue weighted by atomic mass is 32.1. The van der Waals surface area contributed by atoms with E-state index in [-0.39, 0.29) is 23.9 Å². The summed E-state index contributed by atoms with van der Waals surface area (Å²) in [7, 11) is 0. The Morgan fingerprint density at radius 1 is 1.55 bits per heavy atom. The quantitative estimate of drug-likeness (QED) is 0.804. The number of carbonyl (C=O) groups is 1.